The lowest BCUT2D eigenvalue weighted by Gasteiger charge is -2.35. The zero-order chi connectivity index (χ0) is 18.7. The van der Waals surface area contributed by atoms with Gasteiger partial charge in [-0.25, -0.2) is 4.68 Å². The van der Waals surface area contributed by atoms with Crippen molar-refractivity contribution in [2.24, 2.45) is 0 Å². The highest BCUT2D eigenvalue weighted by atomic mass is 79.9. The minimum atomic E-state index is -0.350. The van der Waals surface area contributed by atoms with Crippen molar-refractivity contribution in [1.82, 2.24) is 15.1 Å². The van der Waals surface area contributed by atoms with E-state index < -0.39 is 0 Å². The van der Waals surface area contributed by atoms with Crippen LogP contribution in [0, 0.1) is 13.8 Å². The number of benzene rings is 1. The molecule has 2 aromatic rings. The van der Waals surface area contributed by atoms with Crippen LogP contribution < -0.4 is 5.32 Å². The number of hydrogen-bond acceptors (Lipinski definition) is 4. The molecule has 3 rings (SSSR count). The highest BCUT2D eigenvalue weighted by Crippen LogP contribution is 2.24. The number of hydrogen-bond donors (Lipinski definition) is 1. The third-order valence-electron chi connectivity index (χ3n) is 5.00. The van der Waals surface area contributed by atoms with E-state index in [0.717, 1.165) is 28.7 Å². The van der Waals surface area contributed by atoms with Gasteiger partial charge in [-0.2, -0.15) is 5.10 Å². The van der Waals surface area contributed by atoms with E-state index in [4.69, 9.17) is 9.47 Å². The standard InChI is InChI=1S/C19H24BrN3O3/c1-13-17(14(2)23(22-13)16-6-4-15(20)5-7-16)18(24)21-12-19(25-3)8-10-26-11-9-19/h4-7H,8-12H2,1-3H3,(H,21,24). The number of nitrogens with one attached hydrogen (secondary N) is 1. The molecule has 1 aliphatic rings. The average molecular weight is 422 g/mol. The van der Waals surface area contributed by atoms with E-state index in [1.165, 1.54) is 0 Å². The van der Waals surface area contributed by atoms with Gasteiger partial charge in [0.2, 0.25) is 0 Å². The first kappa shape index (κ1) is 19.1. The third-order valence-corrected chi connectivity index (χ3v) is 5.53. The molecule has 0 aliphatic carbocycles. The van der Waals surface area contributed by atoms with E-state index in [-0.39, 0.29) is 11.5 Å². The fourth-order valence-corrected chi connectivity index (χ4v) is 3.60. The lowest BCUT2D eigenvalue weighted by atomic mass is 9.94. The summed E-state index contributed by atoms with van der Waals surface area (Å²) in [5, 5.41) is 7.59. The second-order valence-corrected chi connectivity index (χ2v) is 7.53. The second kappa shape index (κ2) is 7.90. The quantitative estimate of drug-likeness (QED) is 0.804. The summed E-state index contributed by atoms with van der Waals surface area (Å²) in [6.45, 7) is 5.55. The molecule has 7 heteroatoms. The number of rotatable bonds is 5. The average Bonchev–Trinajstić information content (AvgIpc) is 2.95. The second-order valence-electron chi connectivity index (χ2n) is 6.62. The number of carbonyl (C=O) groups is 1. The Labute approximate surface area is 162 Å². The van der Waals surface area contributed by atoms with Gasteiger partial charge in [-0.3, -0.25) is 4.79 Å². The third kappa shape index (κ3) is 3.84. The number of aromatic nitrogens is 2. The summed E-state index contributed by atoms with van der Waals surface area (Å²) >= 11 is 3.43. The summed E-state index contributed by atoms with van der Waals surface area (Å²) in [4.78, 5) is 12.8. The summed E-state index contributed by atoms with van der Waals surface area (Å²) < 4.78 is 13.9. The van der Waals surface area contributed by atoms with Gasteiger partial charge in [0.05, 0.1) is 28.2 Å². The highest BCUT2D eigenvalue weighted by Gasteiger charge is 2.33. The van der Waals surface area contributed by atoms with E-state index in [1.54, 1.807) is 11.8 Å². The number of ether oxygens (including phenoxy) is 2. The molecule has 1 aromatic heterocycles. The highest BCUT2D eigenvalue weighted by molar-refractivity contribution is 9.10. The maximum atomic E-state index is 12.8. The topological polar surface area (TPSA) is 65.4 Å². The molecule has 0 spiro atoms. The van der Waals surface area contributed by atoms with Crippen molar-refractivity contribution in [3.8, 4) is 5.69 Å². The van der Waals surface area contributed by atoms with Crippen molar-refractivity contribution in [3.05, 3.63) is 45.7 Å². The molecule has 26 heavy (non-hydrogen) atoms. The molecule has 1 N–H and O–H groups in total. The lowest BCUT2D eigenvalue weighted by molar-refractivity contribution is -0.0864. The van der Waals surface area contributed by atoms with Crippen LogP contribution in [-0.4, -0.2) is 48.2 Å². The van der Waals surface area contributed by atoms with Gasteiger partial charge in [0, 0.05) is 44.2 Å². The summed E-state index contributed by atoms with van der Waals surface area (Å²) in [7, 11) is 1.69. The summed E-state index contributed by atoms with van der Waals surface area (Å²) in [5.74, 6) is -0.119. The van der Waals surface area contributed by atoms with Crippen LogP contribution in [-0.2, 0) is 9.47 Å². The van der Waals surface area contributed by atoms with Crippen LogP contribution >= 0.6 is 15.9 Å². The Kier molecular flexibility index (Phi) is 5.79. The van der Waals surface area contributed by atoms with Gasteiger partial charge in [-0.05, 0) is 38.1 Å². The number of aryl methyl sites for hydroxylation is 1. The van der Waals surface area contributed by atoms with E-state index in [1.807, 2.05) is 38.1 Å². The molecule has 1 fully saturated rings. The number of carbonyl (C=O) groups excluding carboxylic acids is 1. The molecule has 6 nitrogen and oxygen atoms in total. The first-order chi connectivity index (χ1) is 12.5. The zero-order valence-electron chi connectivity index (χ0n) is 15.3. The Morgan fingerprint density at radius 1 is 1.31 bits per heavy atom. The number of nitrogens with zero attached hydrogens (tertiary/aromatic N) is 2. The van der Waals surface area contributed by atoms with Gasteiger partial charge in [0.25, 0.3) is 5.91 Å². The van der Waals surface area contributed by atoms with Gasteiger partial charge in [-0.15, -0.1) is 0 Å². The smallest absolute Gasteiger partial charge is 0.255 e. The van der Waals surface area contributed by atoms with Crippen LogP contribution in [0.2, 0.25) is 0 Å². The maximum absolute atomic E-state index is 12.8. The molecule has 0 bridgehead atoms. The molecule has 0 unspecified atom stereocenters. The van der Waals surface area contributed by atoms with Gasteiger partial charge in [0.1, 0.15) is 0 Å². The predicted octanol–water partition coefficient (Wildman–Crippen LogP) is 3.18. The molecule has 140 valence electrons. The Balaban J connectivity index is 1.78. The first-order valence-electron chi connectivity index (χ1n) is 8.69. The molecule has 1 aliphatic heterocycles. The maximum Gasteiger partial charge on any atom is 0.255 e. The molecular weight excluding hydrogens is 398 g/mol. The van der Waals surface area contributed by atoms with Crippen molar-refractivity contribution >= 4 is 21.8 Å². The first-order valence-corrected chi connectivity index (χ1v) is 9.48. The zero-order valence-corrected chi connectivity index (χ0v) is 16.9. The van der Waals surface area contributed by atoms with Crippen LogP contribution in [0.1, 0.15) is 34.6 Å². The fraction of sp³-hybridized carbons (Fsp3) is 0.474. The number of halogens is 1. The molecule has 0 radical (unpaired) electrons. The number of amides is 1. The molecular formula is C19H24BrN3O3. The Morgan fingerprint density at radius 2 is 1.96 bits per heavy atom. The normalized spacial score (nSPS) is 16.5. The van der Waals surface area contributed by atoms with E-state index in [2.05, 4.69) is 26.3 Å². The molecule has 0 saturated carbocycles. The van der Waals surface area contributed by atoms with Crippen LogP contribution in [0.15, 0.2) is 28.7 Å². The number of methoxy groups -OCH3 is 1. The van der Waals surface area contributed by atoms with Crippen molar-refractivity contribution in [2.75, 3.05) is 26.9 Å². The minimum Gasteiger partial charge on any atom is -0.381 e. The molecule has 1 saturated heterocycles. The Hall–Kier alpha value is -1.70. The van der Waals surface area contributed by atoms with Crippen molar-refractivity contribution in [2.45, 2.75) is 32.3 Å². The van der Waals surface area contributed by atoms with Crippen LogP contribution in [0.4, 0.5) is 0 Å². The summed E-state index contributed by atoms with van der Waals surface area (Å²) in [6.07, 6.45) is 1.56. The SMILES string of the molecule is COC1(CNC(=O)c2c(C)nn(-c3ccc(Br)cc3)c2C)CCOCC1. The van der Waals surface area contributed by atoms with Gasteiger partial charge in [-0.1, -0.05) is 15.9 Å². The van der Waals surface area contributed by atoms with E-state index in [9.17, 15) is 4.79 Å². The van der Waals surface area contributed by atoms with Crippen LogP contribution in [0.5, 0.6) is 0 Å². The summed E-state index contributed by atoms with van der Waals surface area (Å²) in [5.41, 5.74) is 2.72. The summed E-state index contributed by atoms with van der Waals surface area (Å²) in [6, 6.07) is 7.85. The molecule has 1 amide bonds. The van der Waals surface area contributed by atoms with Crippen molar-refractivity contribution in [3.63, 3.8) is 0 Å². The largest absolute Gasteiger partial charge is 0.381 e. The van der Waals surface area contributed by atoms with Gasteiger partial charge >= 0.3 is 0 Å². The molecule has 0 atom stereocenters. The monoisotopic (exact) mass is 421 g/mol. The molecule has 2 heterocycles. The van der Waals surface area contributed by atoms with E-state index >= 15 is 0 Å². The van der Waals surface area contributed by atoms with Crippen molar-refractivity contribution in [1.29, 1.82) is 0 Å². The van der Waals surface area contributed by atoms with E-state index in [0.29, 0.717) is 31.0 Å². The predicted molar refractivity (Wildman–Crippen MR) is 103 cm³/mol. The van der Waals surface area contributed by atoms with Crippen LogP contribution in [0.25, 0.3) is 5.69 Å². The van der Waals surface area contributed by atoms with Crippen LogP contribution in [0.3, 0.4) is 0 Å². The lowest BCUT2D eigenvalue weighted by Crippen LogP contribution is -2.48. The van der Waals surface area contributed by atoms with Gasteiger partial charge < -0.3 is 14.8 Å². The fourth-order valence-electron chi connectivity index (χ4n) is 3.33. The van der Waals surface area contributed by atoms with Gasteiger partial charge in [0.15, 0.2) is 0 Å². The minimum absolute atomic E-state index is 0.119. The Bertz CT molecular complexity index is 780. The Morgan fingerprint density at radius 3 is 2.58 bits per heavy atom. The van der Waals surface area contributed by atoms with Crippen molar-refractivity contribution < 1.29 is 14.3 Å². The molecule has 1 aromatic carbocycles.